The molecular weight excluding hydrogens is 328 g/mol. The number of amides is 1. The molecule has 106 valence electrons. The summed E-state index contributed by atoms with van der Waals surface area (Å²) >= 11 is 3.46. The minimum atomic E-state index is -0.389. The van der Waals surface area contributed by atoms with Crippen molar-refractivity contribution in [2.24, 2.45) is 11.7 Å². The van der Waals surface area contributed by atoms with E-state index in [2.05, 4.69) is 35.8 Å². The molecule has 1 amide bonds. The van der Waals surface area contributed by atoms with Gasteiger partial charge in [-0.05, 0) is 42.5 Å². The number of benzene rings is 1. The van der Waals surface area contributed by atoms with Gasteiger partial charge in [0.15, 0.2) is 0 Å². The van der Waals surface area contributed by atoms with Gasteiger partial charge in [-0.25, -0.2) is 0 Å². The molecule has 3 nitrogen and oxygen atoms in total. The fourth-order valence-electron chi connectivity index (χ4n) is 2.41. The van der Waals surface area contributed by atoms with E-state index in [1.165, 1.54) is 5.56 Å². The fraction of sp³-hybridized carbons (Fsp3) is 0.500. The molecule has 0 saturated heterocycles. The maximum Gasteiger partial charge on any atom is 0.243 e. The Bertz CT molecular complexity index is 465. The fourth-order valence-corrected chi connectivity index (χ4v) is 2.82. The zero-order valence-electron chi connectivity index (χ0n) is 11.2. The molecule has 0 spiro atoms. The summed E-state index contributed by atoms with van der Waals surface area (Å²) in [4.78, 5) is 14.1. The van der Waals surface area contributed by atoms with Crippen LogP contribution in [0.5, 0.6) is 0 Å². The van der Waals surface area contributed by atoms with E-state index in [0.29, 0.717) is 5.92 Å². The molecule has 1 aromatic carbocycles. The lowest BCUT2D eigenvalue weighted by molar-refractivity contribution is -0.120. The molecule has 0 aliphatic carbocycles. The van der Waals surface area contributed by atoms with Gasteiger partial charge in [0.05, 0.1) is 6.04 Å². The lowest BCUT2D eigenvalue weighted by Gasteiger charge is -2.22. The van der Waals surface area contributed by atoms with Crippen LogP contribution < -0.4 is 10.6 Å². The molecule has 0 fully saturated rings. The van der Waals surface area contributed by atoms with Crippen molar-refractivity contribution in [3.8, 4) is 0 Å². The SMILES string of the molecule is CC(C)C[C@H](N)C(=O)N1CCc2cc(Br)ccc21.Cl. The summed E-state index contributed by atoms with van der Waals surface area (Å²) in [6, 6.07) is 5.65. The molecule has 1 aromatic rings. The van der Waals surface area contributed by atoms with E-state index < -0.39 is 0 Å². The summed E-state index contributed by atoms with van der Waals surface area (Å²) in [5.41, 5.74) is 8.22. The van der Waals surface area contributed by atoms with Crippen LogP contribution in [0.4, 0.5) is 5.69 Å². The van der Waals surface area contributed by atoms with Gasteiger partial charge in [-0.2, -0.15) is 0 Å². The highest BCUT2D eigenvalue weighted by molar-refractivity contribution is 9.10. The quantitative estimate of drug-likeness (QED) is 0.913. The summed E-state index contributed by atoms with van der Waals surface area (Å²) in [6.07, 6.45) is 1.65. The van der Waals surface area contributed by atoms with Crippen LogP contribution in [0.25, 0.3) is 0 Å². The minimum Gasteiger partial charge on any atom is -0.320 e. The van der Waals surface area contributed by atoms with Crippen molar-refractivity contribution in [1.29, 1.82) is 0 Å². The minimum absolute atomic E-state index is 0. The zero-order chi connectivity index (χ0) is 13.3. The summed E-state index contributed by atoms with van der Waals surface area (Å²) in [5.74, 6) is 0.487. The number of carbonyl (C=O) groups is 1. The molecule has 1 aliphatic heterocycles. The number of anilines is 1. The number of nitrogens with zero attached hydrogens (tertiary/aromatic N) is 1. The standard InChI is InChI=1S/C14H19BrN2O.ClH/c1-9(2)7-12(16)14(18)17-6-5-10-8-11(15)3-4-13(10)17;/h3-4,8-9,12H,5-7,16H2,1-2H3;1H/t12-;/m0./s1. The number of fused-ring (bicyclic) bond motifs is 1. The topological polar surface area (TPSA) is 46.3 Å². The Morgan fingerprint density at radius 2 is 2.16 bits per heavy atom. The third kappa shape index (κ3) is 3.71. The van der Waals surface area contributed by atoms with Gasteiger partial charge in [0, 0.05) is 16.7 Å². The first kappa shape index (κ1) is 16.5. The maximum atomic E-state index is 12.3. The van der Waals surface area contributed by atoms with Crippen molar-refractivity contribution < 1.29 is 4.79 Å². The number of carbonyl (C=O) groups excluding carboxylic acids is 1. The first-order chi connectivity index (χ1) is 8.49. The van der Waals surface area contributed by atoms with Gasteiger partial charge in [0.1, 0.15) is 0 Å². The molecule has 0 bridgehead atoms. The molecule has 2 rings (SSSR count). The molecule has 2 N–H and O–H groups in total. The molecule has 0 saturated carbocycles. The van der Waals surface area contributed by atoms with E-state index in [9.17, 15) is 4.79 Å². The molecule has 5 heteroatoms. The van der Waals surface area contributed by atoms with E-state index in [4.69, 9.17) is 5.73 Å². The first-order valence-electron chi connectivity index (χ1n) is 6.34. The lowest BCUT2D eigenvalue weighted by Crippen LogP contribution is -2.43. The molecular formula is C14H20BrClN2O. The van der Waals surface area contributed by atoms with Gasteiger partial charge in [0.25, 0.3) is 0 Å². The van der Waals surface area contributed by atoms with Crippen molar-refractivity contribution >= 4 is 39.9 Å². The van der Waals surface area contributed by atoms with Gasteiger partial charge < -0.3 is 10.6 Å². The van der Waals surface area contributed by atoms with Crippen molar-refractivity contribution in [2.75, 3.05) is 11.4 Å². The van der Waals surface area contributed by atoms with E-state index in [1.54, 1.807) is 0 Å². The zero-order valence-corrected chi connectivity index (χ0v) is 13.6. The monoisotopic (exact) mass is 346 g/mol. The molecule has 19 heavy (non-hydrogen) atoms. The predicted octanol–water partition coefficient (Wildman–Crippen LogP) is 3.13. The van der Waals surface area contributed by atoms with Gasteiger partial charge >= 0.3 is 0 Å². The van der Waals surface area contributed by atoms with Crippen LogP contribution >= 0.6 is 28.3 Å². The number of hydrogen-bond acceptors (Lipinski definition) is 2. The van der Waals surface area contributed by atoms with Crippen LogP contribution in [-0.2, 0) is 11.2 Å². The van der Waals surface area contributed by atoms with Crippen LogP contribution in [0.3, 0.4) is 0 Å². The highest BCUT2D eigenvalue weighted by Gasteiger charge is 2.28. The summed E-state index contributed by atoms with van der Waals surface area (Å²) in [6.45, 7) is 4.92. The van der Waals surface area contributed by atoms with Crippen molar-refractivity contribution in [1.82, 2.24) is 0 Å². The largest absolute Gasteiger partial charge is 0.320 e. The average Bonchev–Trinajstić information content (AvgIpc) is 2.69. The lowest BCUT2D eigenvalue weighted by atomic mass is 10.0. The summed E-state index contributed by atoms with van der Waals surface area (Å²) in [5, 5.41) is 0. The second kappa shape index (κ2) is 6.73. The van der Waals surface area contributed by atoms with Gasteiger partial charge in [-0.3, -0.25) is 4.79 Å². The molecule has 0 aromatic heterocycles. The van der Waals surface area contributed by atoms with Gasteiger partial charge in [0.2, 0.25) is 5.91 Å². The van der Waals surface area contributed by atoms with E-state index in [0.717, 1.165) is 29.5 Å². The molecule has 1 aliphatic rings. The number of rotatable bonds is 3. The maximum absolute atomic E-state index is 12.3. The predicted molar refractivity (Wildman–Crippen MR) is 84.9 cm³/mol. The van der Waals surface area contributed by atoms with E-state index >= 15 is 0 Å². The Labute approximate surface area is 129 Å². The third-order valence-electron chi connectivity index (χ3n) is 3.25. The van der Waals surface area contributed by atoms with Crippen molar-refractivity contribution in [2.45, 2.75) is 32.7 Å². The Hall–Kier alpha value is -0.580. The Kier molecular flexibility index (Phi) is 5.83. The molecule has 1 atom stereocenters. The summed E-state index contributed by atoms with van der Waals surface area (Å²) < 4.78 is 1.06. The third-order valence-corrected chi connectivity index (χ3v) is 3.74. The van der Waals surface area contributed by atoms with Crippen LogP contribution in [0.1, 0.15) is 25.8 Å². The average molecular weight is 348 g/mol. The number of nitrogens with two attached hydrogens (primary N) is 1. The normalized spacial score (nSPS) is 15.1. The van der Waals surface area contributed by atoms with Crippen LogP contribution in [0.2, 0.25) is 0 Å². The Morgan fingerprint density at radius 3 is 2.79 bits per heavy atom. The van der Waals surface area contributed by atoms with Gasteiger partial charge in [-0.1, -0.05) is 29.8 Å². The van der Waals surface area contributed by atoms with Crippen LogP contribution in [0, 0.1) is 5.92 Å². The molecule has 0 radical (unpaired) electrons. The van der Waals surface area contributed by atoms with Crippen LogP contribution in [-0.4, -0.2) is 18.5 Å². The highest BCUT2D eigenvalue weighted by Crippen LogP contribution is 2.31. The van der Waals surface area contributed by atoms with E-state index in [-0.39, 0.29) is 24.4 Å². The van der Waals surface area contributed by atoms with Gasteiger partial charge in [-0.15, -0.1) is 12.4 Å². The summed E-state index contributed by atoms with van der Waals surface area (Å²) in [7, 11) is 0. The number of halogens is 2. The first-order valence-corrected chi connectivity index (χ1v) is 7.13. The Balaban J connectivity index is 0.00000180. The van der Waals surface area contributed by atoms with E-state index in [1.807, 2.05) is 17.0 Å². The highest BCUT2D eigenvalue weighted by atomic mass is 79.9. The molecule has 1 heterocycles. The molecule has 0 unspecified atom stereocenters. The number of hydrogen-bond donors (Lipinski definition) is 1. The Morgan fingerprint density at radius 1 is 1.47 bits per heavy atom. The second-order valence-electron chi connectivity index (χ2n) is 5.25. The van der Waals surface area contributed by atoms with Crippen LogP contribution in [0.15, 0.2) is 22.7 Å². The smallest absolute Gasteiger partial charge is 0.243 e. The van der Waals surface area contributed by atoms with Crippen molar-refractivity contribution in [3.05, 3.63) is 28.2 Å². The second-order valence-corrected chi connectivity index (χ2v) is 6.16. The van der Waals surface area contributed by atoms with Crippen molar-refractivity contribution in [3.63, 3.8) is 0 Å².